The molecule has 0 unspecified atom stereocenters. The van der Waals surface area contributed by atoms with Gasteiger partial charge in [-0.15, -0.1) is 0 Å². The molecule has 276 valence electrons. The molecule has 2 aromatic carbocycles. The van der Waals surface area contributed by atoms with Crippen molar-refractivity contribution in [2.45, 2.75) is 39.0 Å². The van der Waals surface area contributed by atoms with Crippen molar-refractivity contribution in [3.63, 3.8) is 0 Å². The number of Topliss-reactive ketones (excluding diaryl/α,β-unsaturated/α-hetero) is 2. The van der Waals surface area contributed by atoms with Gasteiger partial charge in [-0.2, -0.15) is 0 Å². The largest absolute Gasteiger partial charge is 0.454 e. The molecular weight excluding hydrogens is 742 g/mol. The number of hydrogen-bond donors (Lipinski definition) is 0. The van der Waals surface area contributed by atoms with E-state index in [0.717, 1.165) is 18.8 Å². The zero-order valence-corrected chi connectivity index (χ0v) is 30.7. The van der Waals surface area contributed by atoms with Gasteiger partial charge in [0, 0.05) is 64.0 Å². The fourth-order valence-corrected chi connectivity index (χ4v) is 5.45. The van der Waals surface area contributed by atoms with Crippen LogP contribution in [0.2, 0.25) is 10.0 Å². The van der Waals surface area contributed by atoms with Gasteiger partial charge in [-0.05, 0) is 67.1 Å². The van der Waals surface area contributed by atoms with Crippen LogP contribution in [0.5, 0.6) is 11.5 Å². The summed E-state index contributed by atoms with van der Waals surface area (Å²) in [5.74, 6) is -2.92. The van der Waals surface area contributed by atoms with E-state index in [0.29, 0.717) is 61.9 Å². The number of benzene rings is 2. The fourth-order valence-electron chi connectivity index (χ4n) is 5.00. The Balaban J connectivity index is 0.000000208. The predicted octanol–water partition coefficient (Wildman–Crippen LogP) is 9.27. The number of carbonyl (C=O) groups is 2. The van der Waals surface area contributed by atoms with Crippen LogP contribution >= 0.6 is 23.2 Å². The van der Waals surface area contributed by atoms with E-state index in [1.807, 2.05) is 14.0 Å². The quantitative estimate of drug-likeness (QED) is 0.111. The average molecular weight is 775 g/mol. The Hall–Kier alpha value is -5.79. The minimum Gasteiger partial charge on any atom is -0.454 e. The molecule has 0 N–H and O–H groups in total. The maximum Gasteiger partial charge on any atom is 0.272 e. The molecule has 0 bridgehead atoms. The number of carbonyl (C=O) groups excluding carboxylic acids is 2. The maximum absolute atomic E-state index is 13.6. The van der Waals surface area contributed by atoms with Gasteiger partial charge in [0.05, 0.1) is 49.0 Å². The molecule has 10 nitrogen and oxygen atoms in total. The van der Waals surface area contributed by atoms with Gasteiger partial charge in [0.15, 0.2) is 17.3 Å². The Kier molecular flexibility index (Phi) is 13.0. The van der Waals surface area contributed by atoms with Gasteiger partial charge in [-0.25, -0.2) is 33.1 Å². The van der Waals surface area contributed by atoms with Crippen molar-refractivity contribution in [2.24, 2.45) is 0 Å². The van der Waals surface area contributed by atoms with Crippen LogP contribution in [0.3, 0.4) is 0 Å². The lowest BCUT2D eigenvalue weighted by molar-refractivity contribution is 0.0171. The van der Waals surface area contributed by atoms with E-state index in [9.17, 15) is 22.8 Å². The number of aromatic nitrogens is 6. The van der Waals surface area contributed by atoms with E-state index in [-0.39, 0.29) is 35.8 Å². The first-order chi connectivity index (χ1) is 25.8. The van der Waals surface area contributed by atoms with Crippen LogP contribution in [0.15, 0.2) is 104 Å². The number of anilines is 2. The standard InChI is InChI=1S/C20H17ClF2N4O.C19H15ClFN3O2/c1-20(22,23)14-3-4-16(26-9-14)8-19(28)13-5-15(21)7-17(6-13)27(2)18-10-24-12-25-11-18;1-2-18-17(21)4-3-14(24-18)8-19(25)12-5-13(20)7-15(6-12)26-16-9-22-11-23-10-16/h3-7,9-12H,8H2,1-2H3;3-7,9-11H,2,8H2,1H3. The van der Waals surface area contributed by atoms with Crippen LogP contribution in [0, 0.1) is 5.82 Å². The highest BCUT2D eigenvalue weighted by atomic mass is 35.5. The third-order valence-corrected chi connectivity index (χ3v) is 8.25. The van der Waals surface area contributed by atoms with Gasteiger partial charge < -0.3 is 9.64 Å². The molecular formula is C39H32Cl2F3N7O3. The highest BCUT2D eigenvalue weighted by Gasteiger charge is 2.24. The van der Waals surface area contributed by atoms with Crippen LogP contribution in [0.4, 0.5) is 24.5 Å². The molecule has 0 aliphatic carbocycles. The molecule has 0 amide bonds. The van der Waals surface area contributed by atoms with Gasteiger partial charge in [0.1, 0.15) is 24.2 Å². The second-order valence-corrected chi connectivity index (χ2v) is 12.8. The van der Waals surface area contributed by atoms with Gasteiger partial charge in [0.2, 0.25) is 0 Å². The van der Waals surface area contributed by atoms with E-state index in [1.54, 1.807) is 53.7 Å². The lowest BCUT2D eigenvalue weighted by atomic mass is 10.0. The summed E-state index contributed by atoms with van der Waals surface area (Å²) in [5, 5.41) is 0.766. The summed E-state index contributed by atoms with van der Waals surface area (Å²) in [5.41, 5.74) is 3.28. The smallest absolute Gasteiger partial charge is 0.272 e. The summed E-state index contributed by atoms with van der Waals surface area (Å²) < 4.78 is 45.7. The summed E-state index contributed by atoms with van der Waals surface area (Å²) >= 11 is 12.3. The Morgan fingerprint density at radius 3 is 1.94 bits per heavy atom. The summed E-state index contributed by atoms with van der Waals surface area (Å²) in [6.45, 7) is 2.61. The molecule has 0 saturated carbocycles. The van der Waals surface area contributed by atoms with Crippen LogP contribution in [-0.2, 0) is 25.2 Å². The highest BCUT2D eigenvalue weighted by molar-refractivity contribution is 6.31. The molecule has 4 heterocycles. The first kappa shape index (κ1) is 39.4. The average Bonchev–Trinajstić information content (AvgIpc) is 3.15. The van der Waals surface area contributed by atoms with Gasteiger partial charge in [-0.3, -0.25) is 19.6 Å². The molecule has 0 atom stereocenters. The first-order valence-electron chi connectivity index (χ1n) is 16.4. The molecule has 6 aromatic rings. The molecule has 15 heteroatoms. The Labute approximate surface area is 319 Å². The maximum atomic E-state index is 13.6. The van der Waals surface area contributed by atoms with E-state index < -0.39 is 5.92 Å². The van der Waals surface area contributed by atoms with Gasteiger partial charge in [0.25, 0.3) is 5.92 Å². The lowest BCUT2D eigenvalue weighted by Gasteiger charge is -2.19. The number of nitrogens with zero attached hydrogens (tertiary/aromatic N) is 7. The van der Waals surface area contributed by atoms with Crippen LogP contribution < -0.4 is 9.64 Å². The molecule has 0 radical (unpaired) electrons. The summed E-state index contributed by atoms with van der Waals surface area (Å²) in [6.07, 6.45) is 10.7. The highest BCUT2D eigenvalue weighted by Crippen LogP contribution is 2.29. The van der Waals surface area contributed by atoms with Crippen molar-refractivity contribution in [1.29, 1.82) is 0 Å². The normalized spacial score (nSPS) is 11.0. The Morgan fingerprint density at radius 1 is 0.741 bits per heavy atom. The molecule has 0 saturated heterocycles. The second-order valence-electron chi connectivity index (χ2n) is 11.9. The number of rotatable bonds is 12. The zero-order valence-electron chi connectivity index (χ0n) is 29.2. The zero-order chi connectivity index (χ0) is 38.8. The number of pyridine rings is 2. The topological polar surface area (TPSA) is 124 Å². The van der Waals surface area contributed by atoms with E-state index in [2.05, 4.69) is 29.9 Å². The number of hydrogen-bond acceptors (Lipinski definition) is 10. The van der Waals surface area contributed by atoms with Crippen LogP contribution in [0.1, 0.15) is 57.2 Å². The second kappa shape index (κ2) is 17.8. The third kappa shape index (κ3) is 10.9. The Bertz CT molecular complexity index is 2230. The van der Waals surface area contributed by atoms with Crippen molar-refractivity contribution in [3.8, 4) is 11.5 Å². The lowest BCUT2D eigenvalue weighted by Crippen LogP contribution is -2.12. The molecule has 0 aliphatic rings. The number of aryl methyl sites for hydroxylation is 1. The summed E-state index contributed by atoms with van der Waals surface area (Å²) in [6, 6.07) is 15.3. The van der Waals surface area contributed by atoms with E-state index >= 15 is 0 Å². The minimum atomic E-state index is -2.97. The predicted molar refractivity (Wildman–Crippen MR) is 199 cm³/mol. The minimum absolute atomic E-state index is 0.0203. The number of ketones is 2. The van der Waals surface area contributed by atoms with Crippen molar-refractivity contribution >= 4 is 46.1 Å². The molecule has 54 heavy (non-hydrogen) atoms. The molecule has 0 spiro atoms. The van der Waals surface area contributed by atoms with Gasteiger partial charge >= 0.3 is 0 Å². The van der Waals surface area contributed by atoms with Crippen molar-refractivity contribution in [3.05, 3.63) is 154 Å². The van der Waals surface area contributed by atoms with E-state index in [1.165, 1.54) is 49.3 Å². The number of alkyl halides is 2. The molecule has 6 rings (SSSR count). The molecule has 0 aliphatic heterocycles. The molecule has 0 fully saturated rings. The van der Waals surface area contributed by atoms with Crippen molar-refractivity contribution < 1.29 is 27.5 Å². The van der Waals surface area contributed by atoms with Crippen LogP contribution in [0.25, 0.3) is 0 Å². The molecule has 4 aromatic heterocycles. The van der Waals surface area contributed by atoms with E-state index in [4.69, 9.17) is 27.9 Å². The number of ether oxygens (including phenoxy) is 1. The summed E-state index contributed by atoms with van der Waals surface area (Å²) in [4.78, 5) is 50.9. The SMILES string of the molecule is CCc1nc(CC(=O)c2cc(Cl)cc(Oc3cncnc3)c2)ccc1F.CN(c1cncnc1)c1cc(Cl)cc(C(=O)Cc2ccc(C(C)(F)F)cn2)c1. The first-order valence-corrected chi connectivity index (χ1v) is 17.1. The third-order valence-electron chi connectivity index (χ3n) is 7.82. The van der Waals surface area contributed by atoms with Crippen molar-refractivity contribution in [2.75, 3.05) is 11.9 Å². The summed E-state index contributed by atoms with van der Waals surface area (Å²) in [7, 11) is 1.81. The fraction of sp³-hybridized carbons (Fsp3) is 0.179. The van der Waals surface area contributed by atoms with Crippen molar-refractivity contribution in [1.82, 2.24) is 29.9 Å². The van der Waals surface area contributed by atoms with Crippen LogP contribution in [-0.4, -0.2) is 48.5 Å². The number of halogens is 5. The monoisotopic (exact) mass is 773 g/mol. The van der Waals surface area contributed by atoms with Gasteiger partial charge in [-0.1, -0.05) is 30.1 Å². The Morgan fingerprint density at radius 2 is 1.33 bits per heavy atom.